The van der Waals surface area contributed by atoms with Crippen LogP contribution in [0.15, 0.2) is 42.6 Å². The number of hydrogen-bond donors (Lipinski definition) is 1. The number of methoxy groups -OCH3 is 1. The van der Waals surface area contributed by atoms with Gasteiger partial charge in [0.1, 0.15) is 11.9 Å². The van der Waals surface area contributed by atoms with E-state index in [4.69, 9.17) is 16.3 Å². The van der Waals surface area contributed by atoms with Crippen LogP contribution in [0.4, 0.5) is 13.2 Å². The highest BCUT2D eigenvalue weighted by molar-refractivity contribution is 6.32. The molecule has 9 heteroatoms. The number of rotatable bonds is 10. The first-order valence-electron chi connectivity index (χ1n) is 12.4. The van der Waals surface area contributed by atoms with Crippen LogP contribution in [0.3, 0.4) is 0 Å². The molecule has 0 aliphatic carbocycles. The number of fused-ring (bicyclic) bond motifs is 1. The summed E-state index contributed by atoms with van der Waals surface area (Å²) in [6, 6.07) is 9.33. The van der Waals surface area contributed by atoms with Crippen LogP contribution in [0.25, 0.3) is 10.9 Å². The minimum Gasteiger partial charge on any atom is -0.497 e. The average molecular weight is 535 g/mol. The molecule has 2 aromatic carbocycles. The number of carboxylic acid groups (broad SMARTS) is 1. The van der Waals surface area contributed by atoms with E-state index < -0.39 is 29.2 Å². The Labute approximate surface area is 219 Å². The summed E-state index contributed by atoms with van der Waals surface area (Å²) >= 11 is 6.33. The largest absolute Gasteiger partial charge is 0.497 e. The van der Waals surface area contributed by atoms with Crippen molar-refractivity contribution in [2.75, 3.05) is 26.7 Å². The highest BCUT2D eigenvalue weighted by Crippen LogP contribution is 2.42. The molecule has 1 aliphatic rings. The highest BCUT2D eigenvalue weighted by Gasteiger charge is 2.41. The molecule has 1 aliphatic heterocycles. The van der Waals surface area contributed by atoms with Gasteiger partial charge in [0.25, 0.3) is 0 Å². The lowest BCUT2D eigenvalue weighted by Crippen LogP contribution is -2.44. The van der Waals surface area contributed by atoms with Crippen LogP contribution in [0.5, 0.6) is 5.75 Å². The molecule has 0 radical (unpaired) electrons. The van der Waals surface area contributed by atoms with Gasteiger partial charge in [0.15, 0.2) is 11.6 Å². The van der Waals surface area contributed by atoms with Crippen molar-refractivity contribution >= 4 is 28.5 Å². The Morgan fingerprint density at radius 3 is 2.70 bits per heavy atom. The van der Waals surface area contributed by atoms with Gasteiger partial charge >= 0.3 is 5.97 Å². The summed E-state index contributed by atoms with van der Waals surface area (Å²) in [5.74, 6) is -2.03. The molecular weight excluding hydrogens is 505 g/mol. The van der Waals surface area contributed by atoms with Crippen LogP contribution < -0.4 is 4.74 Å². The molecule has 1 N–H and O–H groups in total. The van der Waals surface area contributed by atoms with Crippen LogP contribution in [0.2, 0.25) is 5.02 Å². The van der Waals surface area contributed by atoms with Gasteiger partial charge in [-0.25, -0.2) is 13.2 Å². The molecule has 4 rings (SSSR count). The average Bonchev–Trinajstić information content (AvgIpc) is 2.90. The molecule has 2 heterocycles. The molecule has 1 aromatic heterocycles. The topological polar surface area (TPSA) is 62.7 Å². The van der Waals surface area contributed by atoms with Crippen LogP contribution in [0.1, 0.15) is 49.4 Å². The number of aryl methyl sites for hydroxylation is 1. The number of alkyl halides is 1. The number of carbonyl (C=O) groups is 1. The second kappa shape index (κ2) is 11.7. The van der Waals surface area contributed by atoms with E-state index in [0.717, 1.165) is 6.07 Å². The summed E-state index contributed by atoms with van der Waals surface area (Å²) in [6.45, 7) is 1.74. The number of aromatic nitrogens is 1. The Morgan fingerprint density at radius 1 is 1.24 bits per heavy atom. The molecule has 1 fully saturated rings. The van der Waals surface area contributed by atoms with Gasteiger partial charge in [0.05, 0.1) is 23.1 Å². The lowest BCUT2D eigenvalue weighted by Gasteiger charge is -2.39. The van der Waals surface area contributed by atoms with Gasteiger partial charge in [-0.05, 0) is 88.0 Å². The smallest absolute Gasteiger partial charge is 0.309 e. The van der Waals surface area contributed by atoms with Gasteiger partial charge in [0.2, 0.25) is 0 Å². The maximum atomic E-state index is 15.6. The third kappa shape index (κ3) is 6.02. The minimum absolute atomic E-state index is 0.0151. The number of likely N-dealkylation sites (tertiary alicyclic amines) is 1. The lowest BCUT2D eigenvalue weighted by molar-refractivity contribution is -0.153. The van der Waals surface area contributed by atoms with Crippen molar-refractivity contribution in [2.24, 2.45) is 5.41 Å². The molecule has 198 valence electrons. The molecule has 5 nitrogen and oxygen atoms in total. The molecule has 0 spiro atoms. The predicted octanol–water partition coefficient (Wildman–Crippen LogP) is 6.77. The standard InChI is InChI=1S/C28H30ClF3N2O3/c1-37-19-7-8-24-20(16-19)25(21(29)17-33-24)22(30)9-10-28(27(35)36)11-14-34(15-12-28)13-3-5-18-4-2-6-23(31)26(18)32/h2,4,6-8,16-17,22H,3,5,9-15H2,1H3,(H,35,36). The number of pyridine rings is 1. The molecule has 1 unspecified atom stereocenters. The number of carboxylic acids is 1. The zero-order chi connectivity index (χ0) is 26.6. The van der Waals surface area contributed by atoms with Crippen molar-refractivity contribution < 1.29 is 27.8 Å². The summed E-state index contributed by atoms with van der Waals surface area (Å²) in [7, 11) is 1.52. The van der Waals surface area contributed by atoms with Crippen LogP contribution in [-0.4, -0.2) is 47.7 Å². The molecule has 0 amide bonds. The Hall–Kier alpha value is -2.84. The van der Waals surface area contributed by atoms with Gasteiger partial charge < -0.3 is 14.7 Å². The monoisotopic (exact) mass is 534 g/mol. The van der Waals surface area contributed by atoms with Crippen molar-refractivity contribution in [3.05, 3.63) is 70.4 Å². The summed E-state index contributed by atoms with van der Waals surface area (Å²) in [4.78, 5) is 18.7. The first-order chi connectivity index (χ1) is 17.7. The van der Waals surface area contributed by atoms with E-state index in [1.54, 1.807) is 24.3 Å². The molecular formula is C28H30ClF3N2O3. The molecule has 3 aromatic rings. The number of benzene rings is 2. The Morgan fingerprint density at radius 2 is 2.00 bits per heavy atom. The number of piperidine rings is 1. The van der Waals surface area contributed by atoms with Crippen LogP contribution in [-0.2, 0) is 11.2 Å². The second-order valence-corrected chi connectivity index (χ2v) is 10.1. The van der Waals surface area contributed by atoms with Gasteiger partial charge in [0, 0.05) is 17.1 Å². The maximum Gasteiger partial charge on any atom is 0.309 e. The third-order valence-electron chi connectivity index (χ3n) is 7.48. The molecule has 0 bridgehead atoms. The van der Waals surface area contributed by atoms with E-state index in [1.807, 2.05) is 0 Å². The molecule has 37 heavy (non-hydrogen) atoms. The van der Waals surface area contributed by atoms with E-state index >= 15 is 4.39 Å². The van der Waals surface area contributed by atoms with Crippen molar-refractivity contribution in [3.63, 3.8) is 0 Å². The number of hydrogen-bond acceptors (Lipinski definition) is 4. The Balaban J connectivity index is 1.37. The molecule has 0 saturated carbocycles. The van der Waals surface area contributed by atoms with Crippen molar-refractivity contribution in [1.29, 1.82) is 0 Å². The Bertz CT molecular complexity index is 1260. The lowest BCUT2D eigenvalue weighted by atomic mass is 9.74. The zero-order valence-electron chi connectivity index (χ0n) is 20.7. The first kappa shape index (κ1) is 27.2. The fraction of sp³-hybridized carbons (Fsp3) is 0.429. The fourth-order valence-corrected chi connectivity index (χ4v) is 5.44. The van der Waals surface area contributed by atoms with E-state index in [9.17, 15) is 18.7 Å². The van der Waals surface area contributed by atoms with E-state index in [2.05, 4.69) is 9.88 Å². The van der Waals surface area contributed by atoms with Gasteiger partial charge in [-0.3, -0.25) is 9.78 Å². The van der Waals surface area contributed by atoms with Crippen molar-refractivity contribution in [2.45, 2.75) is 44.7 Å². The van der Waals surface area contributed by atoms with E-state index in [0.29, 0.717) is 73.1 Å². The summed E-state index contributed by atoms with van der Waals surface area (Å²) in [6.07, 6.45) is 1.96. The van der Waals surface area contributed by atoms with Crippen LogP contribution in [0, 0.1) is 17.0 Å². The predicted molar refractivity (Wildman–Crippen MR) is 137 cm³/mol. The summed E-state index contributed by atoms with van der Waals surface area (Å²) < 4.78 is 48.2. The zero-order valence-corrected chi connectivity index (χ0v) is 21.4. The second-order valence-electron chi connectivity index (χ2n) is 9.65. The highest BCUT2D eigenvalue weighted by atomic mass is 35.5. The van der Waals surface area contributed by atoms with Gasteiger partial charge in [-0.1, -0.05) is 23.7 Å². The molecule has 1 atom stereocenters. The van der Waals surface area contributed by atoms with Crippen LogP contribution >= 0.6 is 11.6 Å². The number of ether oxygens (including phenoxy) is 1. The maximum absolute atomic E-state index is 15.6. The van der Waals surface area contributed by atoms with Crippen molar-refractivity contribution in [3.8, 4) is 5.75 Å². The first-order valence-corrected chi connectivity index (χ1v) is 12.8. The minimum atomic E-state index is -1.46. The number of nitrogens with zero attached hydrogens (tertiary/aromatic N) is 2. The number of halogens is 4. The normalized spacial score (nSPS) is 16.6. The Kier molecular flexibility index (Phi) is 8.60. The van der Waals surface area contributed by atoms with E-state index in [1.165, 1.54) is 19.4 Å². The fourth-order valence-electron chi connectivity index (χ4n) is 5.17. The molecule has 1 saturated heterocycles. The van der Waals surface area contributed by atoms with E-state index in [-0.39, 0.29) is 17.9 Å². The summed E-state index contributed by atoms with van der Waals surface area (Å²) in [5.41, 5.74) is 0.198. The number of aliphatic carboxylic acids is 1. The SMILES string of the molecule is COc1ccc2ncc(Cl)c(C(F)CCC3(C(=O)O)CCN(CCCc4cccc(F)c4F)CC3)c2c1. The third-order valence-corrected chi connectivity index (χ3v) is 7.78. The van der Waals surface area contributed by atoms with Crippen molar-refractivity contribution in [1.82, 2.24) is 9.88 Å². The van der Waals surface area contributed by atoms with Gasteiger partial charge in [-0.15, -0.1) is 0 Å². The summed E-state index contributed by atoms with van der Waals surface area (Å²) in [5, 5.41) is 10.8. The van der Waals surface area contributed by atoms with Gasteiger partial charge in [-0.2, -0.15) is 0 Å². The quantitative estimate of drug-likeness (QED) is 0.311.